The van der Waals surface area contributed by atoms with E-state index in [2.05, 4.69) is 0 Å². The van der Waals surface area contributed by atoms with Crippen LogP contribution in [0.5, 0.6) is 0 Å². The highest BCUT2D eigenvalue weighted by Crippen LogP contribution is 2.30. The van der Waals surface area contributed by atoms with Crippen molar-refractivity contribution in [2.75, 3.05) is 13.2 Å². The zero-order valence-corrected chi connectivity index (χ0v) is 12.5. The maximum Gasteiger partial charge on any atom is 0.323 e. The Morgan fingerprint density at radius 2 is 1.77 bits per heavy atom. The third kappa shape index (κ3) is 4.85. The number of rotatable bonds is 7. The second-order valence-electron chi connectivity index (χ2n) is 4.53. The summed E-state index contributed by atoms with van der Waals surface area (Å²) in [6, 6.07) is 7.20. The van der Waals surface area contributed by atoms with Gasteiger partial charge in [0.15, 0.2) is 5.92 Å². The fraction of sp³-hybridized carbons (Fsp3) is 0.438. The third-order valence-corrected chi connectivity index (χ3v) is 3.07. The van der Waals surface area contributed by atoms with E-state index in [4.69, 9.17) is 9.47 Å². The van der Waals surface area contributed by atoms with Gasteiger partial charge in [-0.25, -0.2) is 4.39 Å². The first-order valence-corrected chi connectivity index (χ1v) is 7.00. The monoisotopic (exact) mass is 307 g/mol. The summed E-state index contributed by atoms with van der Waals surface area (Å²) in [5.74, 6) is -3.58. The molecule has 2 atom stereocenters. The number of hydrogen-bond acceptors (Lipinski definition) is 5. The highest BCUT2D eigenvalue weighted by atomic mass is 19.1. The Balaban J connectivity index is 3.09. The number of esters is 2. The molecule has 0 bridgehead atoms. The first-order valence-electron chi connectivity index (χ1n) is 7.00. The lowest BCUT2D eigenvalue weighted by atomic mass is 9.84. The van der Waals surface area contributed by atoms with Crippen molar-refractivity contribution in [1.29, 1.82) is 5.26 Å². The summed E-state index contributed by atoms with van der Waals surface area (Å²) in [5.41, 5.74) is 0.508. The highest BCUT2D eigenvalue weighted by molar-refractivity contribution is 5.79. The number of hydrogen-bond donors (Lipinski definition) is 0. The van der Waals surface area contributed by atoms with Gasteiger partial charge < -0.3 is 9.47 Å². The van der Waals surface area contributed by atoms with Gasteiger partial charge in [-0.2, -0.15) is 5.26 Å². The molecule has 0 aliphatic heterocycles. The van der Waals surface area contributed by atoms with Crippen molar-refractivity contribution in [2.45, 2.75) is 26.2 Å². The summed E-state index contributed by atoms with van der Waals surface area (Å²) in [7, 11) is 0. The number of ether oxygens (including phenoxy) is 2. The van der Waals surface area contributed by atoms with E-state index in [1.807, 2.05) is 6.07 Å². The number of benzene rings is 1. The standard InChI is InChI=1S/C16H18FNO4/c1-3-21-15(19)9-13(11-5-7-12(17)8-6-11)14(10-18)16(20)22-4-2/h5-8,13-14H,3-4,9H2,1-2H3. The van der Waals surface area contributed by atoms with Crippen LogP contribution in [0.15, 0.2) is 24.3 Å². The SMILES string of the molecule is CCOC(=O)CC(c1ccc(F)cc1)C(C#N)C(=O)OCC. The lowest BCUT2D eigenvalue weighted by Crippen LogP contribution is -2.26. The zero-order chi connectivity index (χ0) is 16.5. The molecule has 0 aliphatic rings. The van der Waals surface area contributed by atoms with Crippen molar-refractivity contribution in [2.24, 2.45) is 5.92 Å². The van der Waals surface area contributed by atoms with Crippen LogP contribution in [0.1, 0.15) is 31.7 Å². The van der Waals surface area contributed by atoms with Crippen LogP contribution in [0, 0.1) is 23.1 Å². The molecule has 1 aromatic rings. The topological polar surface area (TPSA) is 76.4 Å². The molecule has 6 heteroatoms. The molecule has 0 aliphatic carbocycles. The van der Waals surface area contributed by atoms with Gasteiger partial charge in [-0.3, -0.25) is 9.59 Å². The third-order valence-electron chi connectivity index (χ3n) is 3.07. The van der Waals surface area contributed by atoms with Crippen LogP contribution >= 0.6 is 0 Å². The van der Waals surface area contributed by atoms with E-state index in [1.165, 1.54) is 24.3 Å². The minimum atomic E-state index is -1.16. The lowest BCUT2D eigenvalue weighted by molar-refractivity contribution is -0.148. The van der Waals surface area contributed by atoms with Crippen LogP contribution < -0.4 is 0 Å². The first-order chi connectivity index (χ1) is 10.5. The molecular formula is C16H18FNO4. The second-order valence-corrected chi connectivity index (χ2v) is 4.53. The summed E-state index contributed by atoms with van der Waals surface area (Å²) in [6.07, 6.45) is -0.156. The lowest BCUT2D eigenvalue weighted by Gasteiger charge is -2.20. The van der Waals surface area contributed by atoms with Gasteiger partial charge in [-0.05, 0) is 31.5 Å². The fourth-order valence-corrected chi connectivity index (χ4v) is 2.08. The van der Waals surface area contributed by atoms with Crippen LogP contribution in [0.3, 0.4) is 0 Å². The van der Waals surface area contributed by atoms with Gasteiger partial charge in [0.2, 0.25) is 0 Å². The molecule has 0 amide bonds. The molecule has 1 rings (SSSR count). The average Bonchev–Trinajstić information content (AvgIpc) is 2.48. The number of carbonyl (C=O) groups excluding carboxylic acids is 2. The van der Waals surface area contributed by atoms with Crippen LogP contribution in [0.25, 0.3) is 0 Å². The van der Waals surface area contributed by atoms with Gasteiger partial charge in [0.1, 0.15) is 5.82 Å². The zero-order valence-electron chi connectivity index (χ0n) is 12.5. The van der Waals surface area contributed by atoms with E-state index >= 15 is 0 Å². The summed E-state index contributed by atoms with van der Waals surface area (Å²) in [4.78, 5) is 23.7. The Kier molecular flexibility index (Phi) is 7.03. The van der Waals surface area contributed by atoms with Crippen LogP contribution in [-0.4, -0.2) is 25.2 Å². The highest BCUT2D eigenvalue weighted by Gasteiger charge is 2.33. The number of nitriles is 1. The van der Waals surface area contributed by atoms with Crippen LogP contribution in [0.4, 0.5) is 4.39 Å². The Morgan fingerprint density at radius 3 is 2.27 bits per heavy atom. The molecule has 0 N–H and O–H groups in total. The summed E-state index contributed by atoms with van der Waals surface area (Å²) >= 11 is 0. The molecule has 118 valence electrons. The Hall–Kier alpha value is -2.42. The minimum absolute atomic E-state index is 0.132. The molecule has 2 unspecified atom stereocenters. The molecule has 0 spiro atoms. The minimum Gasteiger partial charge on any atom is -0.466 e. The molecule has 0 aromatic heterocycles. The van der Waals surface area contributed by atoms with Crippen molar-refractivity contribution >= 4 is 11.9 Å². The maximum absolute atomic E-state index is 13.0. The van der Waals surface area contributed by atoms with Crippen molar-refractivity contribution in [3.05, 3.63) is 35.6 Å². The van der Waals surface area contributed by atoms with Gasteiger partial charge in [0, 0.05) is 5.92 Å². The molecule has 0 radical (unpaired) electrons. The Labute approximate surface area is 128 Å². The van der Waals surface area contributed by atoms with Gasteiger partial charge in [0.05, 0.1) is 25.7 Å². The van der Waals surface area contributed by atoms with Crippen molar-refractivity contribution < 1.29 is 23.5 Å². The predicted molar refractivity (Wildman–Crippen MR) is 76.1 cm³/mol. The van der Waals surface area contributed by atoms with E-state index < -0.39 is 29.6 Å². The van der Waals surface area contributed by atoms with Gasteiger partial charge in [-0.15, -0.1) is 0 Å². The largest absolute Gasteiger partial charge is 0.466 e. The fourth-order valence-electron chi connectivity index (χ4n) is 2.08. The van der Waals surface area contributed by atoms with Gasteiger partial charge in [-0.1, -0.05) is 12.1 Å². The molecule has 0 fully saturated rings. The van der Waals surface area contributed by atoms with Gasteiger partial charge >= 0.3 is 11.9 Å². The van der Waals surface area contributed by atoms with E-state index in [0.29, 0.717) is 5.56 Å². The smallest absolute Gasteiger partial charge is 0.323 e. The molecule has 1 aromatic carbocycles. The summed E-state index contributed by atoms with van der Waals surface area (Å²) in [6.45, 7) is 3.63. The number of nitrogens with zero attached hydrogens (tertiary/aromatic N) is 1. The van der Waals surface area contributed by atoms with Gasteiger partial charge in [0.25, 0.3) is 0 Å². The Bertz CT molecular complexity index is 550. The van der Waals surface area contributed by atoms with E-state index in [0.717, 1.165) is 0 Å². The summed E-state index contributed by atoms with van der Waals surface area (Å²) < 4.78 is 22.8. The average molecular weight is 307 g/mol. The first kappa shape index (κ1) is 17.6. The van der Waals surface area contributed by atoms with Crippen molar-refractivity contribution in [3.8, 4) is 6.07 Å². The number of carbonyl (C=O) groups is 2. The molecule has 22 heavy (non-hydrogen) atoms. The molecule has 5 nitrogen and oxygen atoms in total. The number of halogens is 1. The Morgan fingerprint density at radius 1 is 1.18 bits per heavy atom. The quantitative estimate of drug-likeness (QED) is 0.724. The molecule has 0 saturated carbocycles. The maximum atomic E-state index is 13.0. The van der Waals surface area contributed by atoms with Crippen molar-refractivity contribution in [1.82, 2.24) is 0 Å². The second kappa shape index (κ2) is 8.78. The van der Waals surface area contributed by atoms with E-state index in [9.17, 15) is 19.2 Å². The normalized spacial score (nSPS) is 12.8. The van der Waals surface area contributed by atoms with Crippen molar-refractivity contribution in [3.63, 3.8) is 0 Å². The van der Waals surface area contributed by atoms with Crippen LogP contribution in [0.2, 0.25) is 0 Å². The van der Waals surface area contributed by atoms with E-state index in [-0.39, 0.29) is 19.6 Å². The summed E-state index contributed by atoms with van der Waals surface area (Å²) in [5, 5.41) is 9.28. The molecule has 0 saturated heterocycles. The van der Waals surface area contributed by atoms with E-state index in [1.54, 1.807) is 13.8 Å². The molecule has 0 heterocycles. The molecular weight excluding hydrogens is 289 g/mol. The van der Waals surface area contributed by atoms with Crippen LogP contribution in [-0.2, 0) is 19.1 Å². The predicted octanol–water partition coefficient (Wildman–Crippen LogP) is 2.57.